The number of benzene rings is 2. The average Bonchev–Trinajstić information content (AvgIpc) is 3.46. The van der Waals surface area contributed by atoms with Crippen molar-refractivity contribution >= 4 is 15.9 Å². The summed E-state index contributed by atoms with van der Waals surface area (Å²) < 4.78 is 35.5. The van der Waals surface area contributed by atoms with Crippen LogP contribution in [0.15, 0.2) is 51.9 Å². The minimum absolute atomic E-state index is 0.0255. The van der Waals surface area contributed by atoms with Crippen molar-refractivity contribution in [3.8, 4) is 16.9 Å². The number of hydrogen-bond donors (Lipinski definition) is 0. The summed E-state index contributed by atoms with van der Waals surface area (Å²) in [6.07, 6.45) is 5.34. The molecule has 1 aromatic heterocycles. The van der Waals surface area contributed by atoms with Crippen LogP contribution in [0.2, 0.25) is 0 Å². The predicted molar refractivity (Wildman–Crippen MR) is 126 cm³/mol. The summed E-state index contributed by atoms with van der Waals surface area (Å²) in [4.78, 5) is 7.19. The minimum Gasteiger partial charge on any atom is -0.488 e. The number of nitrogens with zero attached hydrogens (tertiary/aromatic N) is 3. The van der Waals surface area contributed by atoms with Gasteiger partial charge in [-0.2, -0.15) is 4.98 Å². The van der Waals surface area contributed by atoms with Crippen molar-refractivity contribution in [1.29, 1.82) is 0 Å². The van der Waals surface area contributed by atoms with Crippen LogP contribution >= 0.6 is 0 Å². The molecule has 2 aliphatic heterocycles. The molecule has 1 fully saturated rings. The molecule has 2 atom stereocenters. The van der Waals surface area contributed by atoms with Gasteiger partial charge in [-0.25, -0.2) is 8.42 Å². The Balaban J connectivity index is 1.36. The first-order chi connectivity index (χ1) is 15.8. The Morgan fingerprint density at radius 3 is 2.52 bits per heavy atom. The molecule has 174 valence electrons. The molecule has 0 spiro atoms. The summed E-state index contributed by atoms with van der Waals surface area (Å²) in [5.74, 6) is 1.87. The van der Waals surface area contributed by atoms with Crippen molar-refractivity contribution in [3.63, 3.8) is 0 Å². The molecular formula is C25H29N3O4S. The van der Waals surface area contributed by atoms with Crippen molar-refractivity contribution in [3.05, 3.63) is 53.9 Å². The maximum Gasteiger partial charge on any atom is 0.324 e. The van der Waals surface area contributed by atoms with Crippen molar-refractivity contribution in [1.82, 2.24) is 10.1 Å². The fourth-order valence-corrected chi connectivity index (χ4v) is 5.35. The lowest BCUT2D eigenvalue weighted by molar-refractivity contribution is 0.172. The minimum atomic E-state index is -3.20. The van der Waals surface area contributed by atoms with E-state index in [2.05, 4.69) is 35.0 Å². The van der Waals surface area contributed by atoms with Crippen LogP contribution in [0.4, 0.5) is 6.01 Å². The van der Waals surface area contributed by atoms with Crippen LogP contribution in [0.1, 0.15) is 50.4 Å². The molecule has 0 saturated carbocycles. The molecule has 3 heterocycles. The van der Waals surface area contributed by atoms with Gasteiger partial charge in [-0.1, -0.05) is 37.2 Å². The van der Waals surface area contributed by atoms with Crippen LogP contribution in [0.5, 0.6) is 5.75 Å². The van der Waals surface area contributed by atoms with Gasteiger partial charge in [-0.05, 0) is 60.2 Å². The highest BCUT2D eigenvalue weighted by Gasteiger charge is 2.38. The van der Waals surface area contributed by atoms with Gasteiger partial charge in [0.2, 0.25) is 0 Å². The van der Waals surface area contributed by atoms with Crippen LogP contribution in [0.3, 0.4) is 0 Å². The molecule has 2 aliphatic rings. The van der Waals surface area contributed by atoms with Gasteiger partial charge in [-0.15, -0.1) is 0 Å². The summed E-state index contributed by atoms with van der Waals surface area (Å²) in [7, 11) is -3.20. The molecular weight excluding hydrogens is 438 g/mol. The van der Waals surface area contributed by atoms with E-state index in [9.17, 15) is 8.42 Å². The fourth-order valence-electron chi connectivity index (χ4n) is 4.72. The monoisotopic (exact) mass is 467 g/mol. The van der Waals surface area contributed by atoms with Crippen LogP contribution in [-0.2, 0) is 16.3 Å². The highest BCUT2D eigenvalue weighted by Crippen LogP contribution is 2.37. The molecule has 0 bridgehead atoms. The second-order valence-corrected chi connectivity index (χ2v) is 11.3. The Labute approximate surface area is 194 Å². The zero-order valence-electron chi connectivity index (χ0n) is 19.2. The highest BCUT2D eigenvalue weighted by atomic mass is 32.2. The molecule has 0 amide bonds. The number of ether oxygens (including phenoxy) is 1. The third-order valence-electron chi connectivity index (χ3n) is 6.55. The Morgan fingerprint density at radius 1 is 1.06 bits per heavy atom. The maximum atomic E-state index is 11.7. The van der Waals surface area contributed by atoms with Crippen molar-refractivity contribution in [2.24, 2.45) is 0 Å². The van der Waals surface area contributed by atoms with E-state index in [0.717, 1.165) is 54.9 Å². The SMILES string of the molecule is CC(C)c1noc(N2CCCCC2C2Cc3cc(-c4ccc(S(C)(=O)=O)cc4)ccc3O2)n1. The Bertz CT molecular complexity index is 1250. The molecule has 0 N–H and O–H groups in total. The third kappa shape index (κ3) is 4.36. The zero-order chi connectivity index (χ0) is 23.2. The smallest absolute Gasteiger partial charge is 0.324 e. The number of anilines is 1. The number of piperidine rings is 1. The Hall–Kier alpha value is -2.87. The van der Waals surface area contributed by atoms with Crippen LogP contribution in [0, 0.1) is 0 Å². The van der Waals surface area contributed by atoms with E-state index in [0.29, 0.717) is 10.9 Å². The summed E-state index contributed by atoms with van der Waals surface area (Å²) in [6, 6.07) is 14.0. The number of hydrogen-bond acceptors (Lipinski definition) is 7. The summed E-state index contributed by atoms with van der Waals surface area (Å²) >= 11 is 0. The van der Waals surface area contributed by atoms with Gasteiger partial charge in [-0.3, -0.25) is 0 Å². The van der Waals surface area contributed by atoms with Gasteiger partial charge in [0.1, 0.15) is 11.9 Å². The molecule has 0 aliphatic carbocycles. The highest BCUT2D eigenvalue weighted by molar-refractivity contribution is 7.90. The molecule has 2 aromatic carbocycles. The van der Waals surface area contributed by atoms with E-state index in [-0.39, 0.29) is 18.1 Å². The first kappa shape index (κ1) is 21.9. The third-order valence-corrected chi connectivity index (χ3v) is 7.68. The first-order valence-electron chi connectivity index (χ1n) is 11.5. The number of aromatic nitrogens is 2. The second-order valence-electron chi connectivity index (χ2n) is 9.33. The van der Waals surface area contributed by atoms with Gasteiger partial charge in [0.15, 0.2) is 15.7 Å². The van der Waals surface area contributed by atoms with E-state index in [4.69, 9.17) is 9.26 Å². The number of fused-ring (bicyclic) bond motifs is 1. The second kappa shape index (κ2) is 8.48. The molecule has 0 radical (unpaired) electrons. The quantitative estimate of drug-likeness (QED) is 0.541. The number of rotatable bonds is 5. The lowest BCUT2D eigenvalue weighted by atomic mass is 9.94. The van der Waals surface area contributed by atoms with E-state index < -0.39 is 9.84 Å². The first-order valence-corrected chi connectivity index (χ1v) is 13.4. The van der Waals surface area contributed by atoms with Crippen molar-refractivity contribution in [2.45, 2.75) is 62.5 Å². The van der Waals surface area contributed by atoms with Gasteiger partial charge >= 0.3 is 6.01 Å². The zero-order valence-corrected chi connectivity index (χ0v) is 20.0. The van der Waals surface area contributed by atoms with Crippen LogP contribution in [0.25, 0.3) is 11.1 Å². The normalized spacial score (nSPS) is 20.7. The van der Waals surface area contributed by atoms with Crippen molar-refractivity contribution in [2.75, 3.05) is 17.7 Å². The Kier molecular flexibility index (Phi) is 5.64. The molecule has 2 unspecified atom stereocenters. The maximum absolute atomic E-state index is 11.7. The summed E-state index contributed by atoms with van der Waals surface area (Å²) in [6.45, 7) is 5.01. The largest absolute Gasteiger partial charge is 0.488 e. The summed E-state index contributed by atoms with van der Waals surface area (Å²) in [5.41, 5.74) is 3.21. The van der Waals surface area contributed by atoms with Crippen LogP contribution in [-0.4, -0.2) is 43.5 Å². The molecule has 8 heteroatoms. The average molecular weight is 468 g/mol. The van der Waals surface area contributed by atoms with Gasteiger partial charge in [0.25, 0.3) is 0 Å². The molecule has 3 aromatic rings. The Morgan fingerprint density at radius 2 is 1.82 bits per heavy atom. The van der Waals surface area contributed by atoms with E-state index in [1.54, 1.807) is 12.1 Å². The number of sulfone groups is 1. The van der Waals surface area contributed by atoms with E-state index in [1.165, 1.54) is 11.8 Å². The topological polar surface area (TPSA) is 85.5 Å². The standard InChI is InChI=1S/C25H29N3O4S/c1-16(2)24-26-25(32-27-24)28-13-5-4-6-21(28)23-15-19-14-18(9-12-22(19)31-23)17-7-10-20(11-8-17)33(3,29)30/h7-12,14,16,21,23H,4-6,13,15H2,1-3H3. The van der Waals surface area contributed by atoms with Gasteiger partial charge in [0.05, 0.1) is 10.9 Å². The fraction of sp³-hybridized carbons (Fsp3) is 0.440. The molecule has 7 nitrogen and oxygen atoms in total. The lowest BCUT2D eigenvalue weighted by Gasteiger charge is -2.37. The van der Waals surface area contributed by atoms with Gasteiger partial charge in [0, 0.05) is 25.1 Å². The predicted octanol–water partition coefficient (Wildman–Crippen LogP) is 4.63. The van der Waals surface area contributed by atoms with E-state index >= 15 is 0 Å². The van der Waals surface area contributed by atoms with Crippen molar-refractivity contribution < 1.29 is 17.7 Å². The van der Waals surface area contributed by atoms with E-state index in [1.807, 2.05) is 24.3 Å². The molecule has 33 heavy (non-hydrogen) atoms. The van der Waals surface area contributed by atoms with Crippen LogP contribution < -0.4 is 9.64 Å². The molecule has 5 rings (SSSR count). The molecule has 1 saturated heterocycles. The lowest BCUT2D eigenvalue weighted by Crippen LogP contribution is -2.49. The summed E-state index contributed by atoms with van der Waals surface area (Å²) in [5, 5.41) is 4.15. The van der Waals surface area contributed by atoms with Gasteiger partial charge < -0.3 is 14.2 Å².